The number of hydrogen-bond donors (Lipinski definition) is 4. The molecule has 9 nitrogen and oxygen atoms in total. The fourth-order valence-electron chi connectivity index (χ4n) is 4.80. The molecule has 1 aliphatic carbocycles. The lowest BCUT2D eigenvalue weighted by molar-refractivity contribution is -0.140. The summed E-state index contributed by atoms with van der Waals surface area (Å²) in [6.07, 6.45) is 4.38. The van der Waals surface area contributed by atoms with Crippen LogP contribution in [0.15, 0.2) is 0 Å². The van der Waals surface area contributed by atoms with Crippen molar-refractivity contribution < 1.29 is 19.1 Å². The van der Waals surface area contributed by atoms with Crippen LogP contribution in [0.25, 0.3) is 0 Å². The molecule has 10 heteroatoms. The molecule has 0 bridgehead atoms. The number of thioether (sulfide) groups is 1. The second-order valence-electron chi connectivity index (χ2n) is 10.7. The highest BCUT2D eigenvalue weighted by Gasteiger charge is 2.44. The van der Waals surface area contributed by atoms with Gasteiger partial charge in [-0.1, -0.05) is 13.8 Å². The molecule has 0 spiro atoms. The summed E-state index contributed by atoms with van der Waals surface area (Å²) in [4.78, 5) is 40.8. The van der Waals surface area contributed by atoms with E-state index in [1.807, 2.05) is 13.8 Å². The molecule has 5 N–H and O–H groups in total. The zero-order valence-corrected chi connectivity index (χ0v) is 22.8. The van der Waals surface area contributed by atoms with E-state index in [2.05, 4.69) is 24.5 Å². The Kier molecular flexibility index (Phi) is 11.2. The molecule has 0 aromatic carbocycles. The summed E-state index contributed by atoms with van der Waals surface area (Å²) in [5.41, 5.74) is 5.64. The number of amidine groups is 1. The first-order chi connectivity index (χ1) is 16.5. The largest absolute Gasteiger partial charge is 0.450 e. The summed E-state index contributed by atoms with van der Waals surface area (Å²) in [6, 6.07) is -1.34. The van der Waals surface area contributed by atoms with Crippen molar-refractivity contribution in [1.29, 1.82) is 5.41 Å². The average molecular weight is 512 g/mol. The Morgan fingerprint density at radius 1 is 1.17 bits per heavy atom. The number of likely N-dealkylation sites (tertiary alicyclic amines) is 1. The van der Waals surface area contributed by atoms with E-state index in [0.717, 1.165) is 37.9 Å². The molecule has 1 heterocycles. The number of rotatable bonds is 11. The molecule has 1 aliphatic heterocycles. The highest BCUT2D eigenvalue weighted by molar-refractivity contribution is 8.00. The van der Waals surface area contributed by atoms with Crippen molar-refractivity contribution in [1.82, 2.24) is 15.5 Å². The molecule has 2 aliphatic rings. The van der Waals surface area contributed by atoms with E-state index in [1.165, 1.54) is 0 Å². The zero-order valence-electron chi connectivity index (χ0n) is 22.0. The maximum Gasteiger partial charge on any atom is 0.407 e. The summed E-state index contributed by atoms with van der Waals surface area (Å²) < 4.78 is 4.50. The van der Waals surface area contributed by atoms with Gasteiger partial charge in [-0.3, -0.25) is 15.0 Å². The number of nitrogens with one attached hydrogen (secondary N) is 3. The first kappa shape index (κ1) is 29.3. The van der Waals surface area contributed by atoms with Gasteiger partial charge in [-0.2, -0.15) is 11.8 Å². The molecule has 2 rings (SSSR count). The number of nitrogens with zero attached hydrogens (tertiary/aromatic N) is 1. The van der Waals surface area contributed by atoms with Gasteiger partial charge in [0, 0.05) is 23.8 Å². The number of amides is 3. The van der Waals surface area contributed by atoms with Crippen molar-refractivity contribution in [3.05, 3.63) is 0 Å². The van der Waals surface area contributed by atoms with E-state index in [-0.39, 0.29) is 30.2 Å². The lowest BCUT2D eigenvalue weighted by Gasteiger charge is -2.37. The summed E-state index contributed by atoms with van der Waals surface area (Å²) in [5, 5.41) is 13.5. The van der Waals surface area contributed by atoms with Crippen molar-refractivity contribution >= 4 is 35.5 Å². The smallest absolute Gasteiger partial charge is 0.407 e. The Labute approximate surface area is 214 Å². The van der Waals surface area contributed by atoms with Crippen LogP contribution in [0.2, 0.25) is 0 Å². The van der Waals surface area contributed by atoms with Crippen LogP contribution in [0.5, 0.6) is 0 Å². The average Bonchev–Trinajstić information content (AvgIpc) is 3.30. The Morgan fingerprint density at radius 2 is 1.83 bits per heavy atom. The quantitative estimate of drug-likeness (QED) is 0.248. The third kappa shape index (κ3) is 8.58. The standard InChI is InChI=1S/C25H45N5O4S/c1-6-34-24(33)29-20(25(4,5)35-15-16(2)3)23(32)30-13-7-8-19(30)22(31)28-14-17-9-11-18(12-10-17)21(26)27/h16-20H,6-15H2,1-5H3,(H3,26,27)(H,28,31)(H,29,33)/t17-,18-,19-,20-/m0/s1. The number of alkyl carbamates (subject to hydrolysis) is 1. The van der Waals surface area contributed by atoms with E-state index >= 15 is 0 Å². The molecule has 200 valence electrons. The summed E-state index contributed by atoms with van der Waals surface area (Å²) in [7, 11) is 0. The van der Waals surface area contributed by atoms with E-state index in [1.54, 1.807) is 23.6 Å². The van der Waals surface area contributed by atoms with Crippen LogP contribution in [0, 0.1) is 23.2 Å². The molecule has 0 aromatic heterocycles. The first-order valence-electron chi connectivity index (χ1n) is 13.0. The monoisotopic (exact) mass is 511 g/mol. The molecule has 0 aromatic rings. The number of carbonyl (C=O) groups excluding carboxylic acids is 3. The second kappa shape index (κ2) is 13.4. The third-order valence-corrected chi connectivity index (χ3v) is 8.77. The summed E-state index contributed by atoms with van der Waals surface area (Å²) in [6.45, 7) is 11.2. The summed E-state index contributed by atoms with van der Waals surface area (Å²) in [5.74, 6) is 1.69. The van der Waals surface area contributed by atoms with Crippen LogP contribution >= 0.6 is 11.8 Å². The SMILES string of the molecule is CCOC(=O)N[C@@H](C(=O)N1CCC[C@H]1C(=O)NC[C@H]1CC[C@H](C(=N)N)CC1)C(C)(C)SCC(C)C. The molecule has 1 saturated heterocycles. The van der Waals surface area contributed by atoms with E-state index in [9.17, 15) is 14.4 Å². The van der Waals surface area contributed by atoms with Crippen LogP contribution < -0.4 is 16.4 Å². The second-order valence-corrected chi connectivity index (χ2v) is 12.4. The predicted molar refractivity (Wildman–Crippen MR) is 140 cm³/mol. The minimum Gasteiger partial charge on any atom is -0.450 e. The van der Waals surface area contributed by atoms with Crippen LogP contribution in [-0.4, -0.2) is 70.9 Å². The van der Waals surface area contributed by atoms with Gasteiger partial charge in [-0.15, -0.1) is 0 Å². The van der Waals surface area contributed by atoms with Gasteiger partial charge in [0.15, 0.2) is 0 Å². The van der Waals surface area contributed by atoms with Gasteiger partial charge in [0.1, 0.15) is 12.1 Å². The topological polar surface area (TPSA) is 138 Å². The van der Waals surface area contributed by atoms with Gasteiger partial charge in [-0.25, -0.2) is 4.79 Å². The van der Waals surface area contributed by atoms with E-state index < -0.39 is 22.9 Å². The van der Waals surface area contributed by atoms with E-state index in [0.29, 0.717) is 31.3 Å². The molecule has 0 unspecified atom stereocenters. The van der Waals surface area contributed by atoms with Gasteiger partial charge < -0.3 is 26.0 Å². The highest BCUT2D eigenvalue weighted by Crippen LogP contribution is 2.33. The Morgan fingerprint density at radius 3 is 2.40 bits per heavy atom. The lowest BCUT2D eigenvalue weighted by Crippen LogP contribution is -2.60. The van der Waals surface area contributed by atoms with Crippen LogP contribution in [-0.2, 0) is 14.3 Å². The number of ether oxygens (including phenoxy) is 1. The van der Waals surface area contributed by atoms with Gasteiger partial charge in [0.05, 0.1) is 12.4 Å². The first-order valence-corrected chi connectivity index (χ1v) is 13.9. The van der Waals surface area contributed by atoms with Crippen LogP contribution in [0.4, 0.5) is 4.79 Å². The Hall–Kier alpha value is -1.97. The molecular formula is C25H45N5O4S. The molecule has 2 atom stereocenters. The fraction of sp³-hybridized carbons (Fsp3) is 0.840. The molecule has 2 fully saturated rings. The van der Waals surface area contributed by atoms with Gasteiger partial charge >= 0.3 is 6.09 Å². The predicted octanol–water partition coefficient (Wildman–Crippen LogP) is 3.12. The van der Waals surface area contributed by atoms with Gasteiger partial charge in [0.25, 0.3) is 0 Å². The molecular weight excluding hydrogens is 466 g/mol. The number of nitrogens with two attached hydrogens (primary N) is 1. The van der Waals surface area contributed by atoms with Crippen molar-refractivity contribution in [3.63, 3.8) is 0 Å². The maximum atomic E-state index is 13.7. The van der Waals surface area contributed by atoms with Gasteiger partial charge in [0.2, 0.25) is 11.8 Å². The van der Waals surface area contributed by atoms with Crippen molar-refractivity contribution in [2.45, 2.75) is 90.0 Å². The van der Waals surface area contributed by atoms with Crippen LogP contribution in [0.1, 0.15) is 73.1 Å². The minimum absolute atomic E-state index is 0.132. The molecule has 3 amide bonds. The fourth-order valence-corrected chi connectivity index (χ4v) is 5.89. The highest BCUT2D eigenvalue weighted by atomic mass is 32.2. The van der Waals surface area contributed by atoms with Crippen molar-refractivity contribution in [2.24, 2.45) is 23.5 Å². The number of carbonyl (C=O) groups is 3. The van der Waals surface area contributed by atoms with Crippen molar-refractivity contribution in [3.8, 4) is 0 Å². The summed E-state index contributed by atoms with van der Waals surface area (Å²) >= 11 is 1.64. The molecule has 0 radical (unpaired) electrons. The lowest BCUT2D eigenvalue weighted by atomic mass is 9.81. The molecule has 1 saturated carbocycles. The van der Waals surface area contributed by atoms with Crippen LogP contribution in [0.3, 0.4) is 0 Å². The van der Waals surface area contributed by atoms with Gasteiger partial charge in [-0.05, 0) is 76.9 Å². The minimum atomic E-state index is -0.805. The molecule has 35 heavy (non-hydrogen) atoms. The normalized spacial score (nSPS) is 23.6. The van der Waals surface area contributed by atoms with E-state index in [4.69, 9.17) is 15.9 Å². The zero-order chi connectivity index (χ0) is 26.2. The third-order valence-electron chi connectivity index (χ3n) is 6.96. The number of hydrogen-bond acceptors (Lipinski definition) is 6. The Bertz CT molecular complexity index is 752. The van der Waals surface area contributed by atoms with Crippen molar-refractivity contribution in [2.75, 3.05) is 25.4 Å². The Balaban J connectivity index is 2.04. The maximum absolute atomic E-state index is 13.7.